The normalized spacial score (nSPS) is 15.8. The Morgan fingerprint density at radius 1 is 1.15 bits per heavy atom. The van der Waals surface area contributed by atoms with Crippen LogP contribution in [0.25, 0.3) is 5.69 Å². The van der Waals surface area contributed by atoms with E-state index in [0.29, 0.717) is 12.2 Å². The van der Waals surface area contributed by atoms with Gasteiger partial charge in [0.2, 0.25) is 0 Å². The number of likely N-dealkylation sites (tertiary alicyclic amines) is 1. The fourth-order valence-corrected chi connectivity index (χ4v) is 3.28. The molecule has 7 heteroatoms. The highest BCUT2D eigenvalue weighted by Gasteiger charge is 2.26. The average Bonchev–Trinajstić information content (AvgIpc) is 3.44. The van der Waals surface area contributed by atoms with Crippen molar-refractivity contribution in [3.8, 4) is 5.69 Å². The van der Waals surface area contributed by atoms with Crippen molar-refractivity contribution in [3.63, 3.8) is 0 Å². The van der Waals surface area contributed by atoms with Crippen molar-refractivity contribution < 1.29 is 9.21 Å². The highest BCUT2D eigenvalue weighted by atomic mass is 16.3. The van der Waals surface area contributed by atoms with Crippen molar-refractivity contribution >= 4 is 5.91 Å². The highest BCUT2D eigenvalue weighted by molar-refractivity contribution is 5.91. The summed E-state index contributed by atoms with van der Waals surface area (Å²) >= 11 is 0. The molecule has 1 amide bonds. The van der Waals surface area contributed by atoms with Crippen LogP contribution in [0, 0.1) is 0 Å². The molecule has 0 radical (unpaired) electrons. The van der Waals surface area contributed by atoms with Gasteiger partial charge in [0.15, 0.2) is 5.69 Å². The fourth-order valence-electron chi connectivity index (χ4n) is 3.28. The maximum Gasteiger partial charge on any atom is 0.273 e. The van der Waals surface area contributed by atoms with Crippen LogP contribution in [0.5, 0.6) is 0 Å². The van der Waals surface area contributed by atoms with Gasteiger partial charge in [-0.3, -0.25) is 9.69 Å². The summed E-state index contributed by atoms with van der Waals surface area (Å²) in [5.41, 5.74) is 1.12. The van der Waals surface area contributed by atoms with Crippen molar-refractivity contribution in [1.29, 1.82) is 0 Å². The number of nitrogens with one attached hydrogen (secondary N) is 1. The number of carbonyl (C=O) groups is 1. The predicted molar refractivity (Wildman–Crippen MR) is 95.9 cm³/mol. The van der Waals surface area contributed by atoms with Crippen LogP contribution in [0.2, 0.25) is 0 Å². The summed E-state index contributed by atoms with van der Waals surface area (Å²) in [5.74, 6) is 0.642. The molecule has 3 heterocycles. The SMILES string of the molecule is O=C(NC[C@H](c1ccco1)N1CCCC1)c1cnn(-c2ccccc2)n1. The Morgan fingerprint density at radius 3 is 2.69 bits per heavy atom. The van der Waals surface area contributed by atoms with Crippen LogP contribution in [0.3, 0.4) is 0 Å². The van der Waals surface area contributed by atoms with E-state index in [1.54, 1.807) is 6.26 Å². The lowest BCUT2D eigenvalue weighted by atomic mass is 10.2. The van der Waals surface area contributed by atoms with Gasteiger partial charge in [0.05, 0.1) is 24.2 Å². The number of amides is 1. The summed E-state index contributed by atoms with van der Waals surface area (Å²) in [4.78, 5) is 16.3. The number of nitrogens with zero attached hydrogens (tertiary/aromatic N) is 4. The molecule has 1 fully saturated rings. The zero-order valence-corrected chi connectivity index (χ0v) is 14.4. The Bertz CT molecular complexity index is 838. The minimum Gasteiger partial charge on any atom is -0.468 e. The summed E-state index contributed by atoms with van der Waals surface area (Å²) in [5, 5.41) is 11.4. The zero-order valence-electron chi connectivity index (χ0n) is 14.4. The van der Waals surface area contributed by atoms with Gasteiger partial charge in [-0.2, -0.15) is 9.90 Å². The molecular formula is C19H21N5O2. The molecule has 1 atom stereocenters. The van der Waals surface area contributed by atoms with E-state index in [1.165, 1.54) is 23.8 Å². The Balaban J connectivity index is 1.43. The van der Waals surface area contributed by atoms with Crippen molar-refractivity contribution in [3.05, 3.63) is 66.4 Å². The third-order valence-corrected chi connectivity index (χ3v) is 4.62. The fraction of sp³-hybridized carbons (Fsp3) is 0.316. The molecule has 4 rings (SSSR count). The Kier molecular flexibility index (Phi) is 4.79. The number of furan rings is 1. The second-order valence-corrected chi connectivity index (χ2v) is 6.34. The summed E-state index contributed by atoms with van der Waals surface area (Å²) in [6.07, 6.45) is 5.51. The van der Waals surface area contributed by atoms with Gasteiger partial charge in [0.1, 0.15) is 5.76 Å². The molecular weight excluding hydrogens is 330 g/mol. The Hall–Kier alpha value is -2.93. The number of aromatic nitrogens is 3. The van der Waals surface area contributed by atoms with E-state index in [4.69, 9.17) is 4.42 Å². The molecule has 26 heavy (non-hydrogen) atoms. The van der Waals surface area contributed by atoms with Crippen LogP contribution in [0.15, 0.2) is 59.3 Å². The quantitative estimate of drug-likeness (QED) is 0.738. The molecule has 1 aliphatic heterocycles. The van der Waals surface area contributed by atoms with Crippen LogP contribution in [-0.2, 0) is 0 Å². The van der Waals surface area contributed by atoms with Gasteiger partial charge in [0, 0.05) is 6.54 Å². The number of hydrogen-bond donors (Lipinski definition) is 1. The van der Waals surface area contributed by atoms with Crippen molar-refractivity contribution in [2.24, 2.45) is 0 Å². The highest BCUT2D eigenvalue weighted by Crippen LogP contribution is 2.24. The van der Waals surface area contributed by atoms with Crippen LogP contribution in [0.1, 0.15) is 35.1 Å². The van der Waals surface area contributed by atoms with Gasteiger partial charge in [-0.15, -0.1) is 5.10 Å². The number of benzene rings is 1. The number of carbonyl (C=O) groups excluding carboxylic acids is 1. The van der Waals surface area contributed by atoms with Gasteiger partial charge in [0.25, 0.3) is 5.91 Å². The third-order valence-electron chi connectivity index (χ3n) is 4.62. The maximum absolute atomic E-state index is 12.5. The Labute approximate surface area is 151 Å². The van der Waals surface area contributed by atoms with E-state index in [0.717, 1.165) is 24.5 Å². The van der Waals surface area contributed by atoms with Crippen LogP contribution >= 0.6 is 0 Å². The summed E-state index contributed by atoms with van der Waals surface area (Å²) in [6, 6.07) is 13.4. The van der Waals surface area contributed by atoms with E-state index in [1.807, 2.05) is 42.5 Å². The smallest absolute Gasteiger partial charge is 0.273 e. The topological polar surface area (TPSA) is 76.2 Å². The monoisotopic (exact) mass is 351 g/mol. The van der Waals surface area contributed by atoms with Gasteiger partial charge < -0.3 is 9.73 Å². The summed E-state index contributed by atoms with van der Waals surface area (Å²) in [7, 11) is 0. The first kappa shape index (κ1) is 16.5. The molecule has 0 aliphatic carbocycles. The summed E-state index contributed by atoms with van der Waals surface area (Å²) < 4.78 is 5.58. The van der Waals surface area contributed by atoms with Gasteiger partial charge in [-0.25, -0.2) is 0 Å². The lowest BCUT2D eigenvalue weighted by molar-refractivity contribution is 0.0928. The standard InChI is InChI=1S/C19H21N5O2/c25-19(16-13-21-24(22-16)15-7-2-1-3-8-15)20-14-17(18-9-6-12-26-18)23-10-4-5-11-23/h1-3,6-9,12-13,17H,4-5,10-11,14H2,(H,20,25)/t17-/m1/s1. The zero-order chi connectivity index (χ0) is 17.8. The van der Waals surface area contributed by atoms with Crippen molar-refractivity contribution in [1.82, 2.24) is 25.2 Å². The number of rotatable bonds is 6. The molecule has 1 aliphatic rings. The second kappa shape index (κ2) is 7.53. The van der Waals surface area contributed by atoms with E-state index in [9.17, 15) is 4.79 Å². The minimum absolute atomic E-state index is 0.0422. The molecule has 0 spiro atoms. The first-order valence-corrected chi connectivity index (χ1v) is 8.85. The molecule has 1 aromatic carbocycles. The largest absolute Gasteiger partial charge is 0.468 e. The van der Waals surface area contributed by atoms with Crippen LogP contribution in [-0.4, -0.2) is 45.4 Å². The molecule has 1 N–H and O–H groups in total. The molecule has 0 bridgehead atoms. The molecule has 134 valence electrons. The third kappa shape index (κ3) is 3.52. The first-order chi connectivity index (χ1) is 12.8. The van der Waals surface area contributed by atoms with E-state index >= 15 is 0 Å². The lowest BCUT2D eigenvalue weighted by Gasteiger charge is -2.25. The molecule has 3 aromatic rings. The van der Waals surface area contributed by atoms with Crippen LogP contribution < -0.4 is 5.32 Å². The minimum atomic E-state index is -0.233. The lowest BCUT2D eigenvalue weighted by Crippen LogP contribution is -2.36. The number of hydrogen-bond acceptors (Lipinski definition) is 5. The van der Waals surface area contributed by atoms with Crippen molar-refractivity contribution in [2.45, 2.75) is 18.9 Å². The second-order valence-electron chi connectivity index (χ2n) is 6.34. The van der Waals surface area contributed by atoms with Gasteiger partial charge >= 0.3 is 0 Å². The van der Waals surface area contributed by atoms with Crippen molar-refractivity contribution in [2.75, 3.05) is 19.6 Å². The number of para-hydroxylation sites is 1. The predicted octanol–water partition coefficient (Wildman–Crippen LogP) is 2.43. The molecule has 1 saturated heterocycles. The molecule has 0 unspecified atom stereocenters. The van der Waals surface area contributed by atoms with Gasteiger partial charge in [-0.05, 0) is 50.2 Å². The van der Waals surface area contributed by atoms with Gasteiger partial charge in [-0.1, -0.05) is 18.2 Å². The van der Waals surface area contributed by atoms with E-state index < -0.39 is 0 Å². The van der Waals surface area contributed by atoms with Crippen LogP contribution in [0.4, 0.5) is 0 Å². The molecule has 7 nitrogen and oxygen atoms in total. The van der Waals surface area contributed by atoms with E-state index in [2.05, 4.69) is 20.4 Å². The van der Waals surface area contributed by atoms with E-state index in [-0.39, 0.29) is 11.9 Å². The Morgan fingerprint density at radius 2 is 1.96 bits per heavy atom. The maximum atomic E-state index is 12.5. The average molecular weight is 351 g/mol. The molecule has 0 saturated carbocycles. The molecule has 2 aromatic heterocycles. The first-order valence-electron chi connectivity index (χ1n) is 8.85. The summed E-state index contributed by atoms with van der Waals surface area (Å²) in [6.45, 7) is 2.52.